The summed E-state index contributed by atoms with van der Waals surface area (Å²) in [5.41, 5.74) is 1.54. The van der Waals surface area contributed by atoms with Gasteiger partial charge in [0.1, 0.15) is 0 Å². The summed E-state index contributed by atoms with van der Waals surface area (Å²) in [4.78, 5) is 0. The van der Waals surface area contributed by atoms with Crippen LogP contribution in [0.25, 0.3) is 0 Å². The topological polar surface area (TPSA) is 0 Å². The summed E-state index contributed by atoms with van der Waals surface area (Å²) in [7, 11) is 0. The van der Waals surface area contributed by atoms with Gasteiger partial charge in [0.05, 0.1) is 0 Å². The van der Waals surface area contributed by atoms with Crippen molar-refractivity contribution in [3.05, 3.63) is 21.1 Å². The van der Waals surface area contributed by atoms with Crippen LogP contribution >= 0.6 is 0 Å². The summed E-state index contributed by atoms with van der Waals surface area (Å²) in [5.74, 6) is 0. The first-order chi connectivity index (χ1) is 3.30. The van der Waals surface area contributed by atoms with Gasteiger partial charge in [0.25, 0.3) is 0 Å². The molecular formula is C6H9In. The van der Waals surface area contributed by atoms with E-state index in [0.29, 0.717) is 0 Å². The van der Waals surface area contributed by atoms with Crippen LogP contribution < -0.4 is 0 Å². The molecular weight excluding hydrogens is 187 g/mol. The molecule has 1 rings (SSSR count). The van der Waals surface area contributed by atoms with Crippen molar-refractivity contribution in [1.29, 1.82) is 0 Å². The third-order valence-corrected chi connectivity index (χ3v) is 4.88. The summed E-state index contributed by atoms with van der Waals surface area (Å²) < 4.78 is 1.72. The van der Waals surface area contributed by atoms with E-state index < -0.39 is 0 Å². The molecule has 0 fully saturated rings. The van der Waals surface area contributed by atoms with Crippen LogP contribution in [-0.2, 0) is 0 Å². The van der Waals surface area contributed by atoms with Crippen LogP contribution in [-0.4, -0.2) is 24.4 Å². The van der Waals surface area contributed by atoms with Crippen molar-refractivity contribution in [2.75, 3.05) is 0 Å². The van der Waals surface area contributed by atoms with Crippen LogP contribution in [0.3, 0.4) is 0 Å². The first-order valence-corrected chi connectivity index (χ1v) is 5.49. The van der Waals surface area contributed by atoms with Crippen LogP contribution in [0.1, 0.15) is 13.3 Å². The summed E-state index contributed by atoms with van der Waals surface area (Å²) in [6.45, 7) is 2.20. The molecule has 7 heavy (non-hydrogen) atoms. The molecule has 0 unspecified atom stereocenters. The summed E-state index contributed by atoms with van der Waals surface area (Å²) >= 11 is 0.782. The van der Waals surface area contributed by atoms with Gasteiger partial charge in [-0.3, -0.25) is 0 Å². The quantitative estimate of drug-likeness (QED) is 0.538. The summed E-state index contributed by atoms with van der Waals surface area (Å²) in [6.07, 6.45) is 5.75. The fourth-order valence-electron chi connectivity index (χ4n) is 0.716. The molecule has 36 valence electrons. The van der Waals surface area contributed by atoms with Crippen LogP contribution in [0.2, 0.25) is 0 Å². The Balaban J connectivity index is 2.79. The van der Waals surface area contributed by atoms with Gasteiger partial charge in [0.2, 0.25) is 0 Å². The van der Waals surface area contributed by atoms with E-state index in [4.69, 9.17) is 0 Å². The Kier molecular flexibility index (Phi) is 1.63. The van der Waals surface area contributed by atoms with Crippen LogP contribution in [0.5, 0.6) is 0 Å². The van der Waals surface area contributed by atoms with E-state index in [9.17, 15) is 0 Å². The molecule has 0 spiro atoms. The predicted molar refractivity (Wildman–Crippen MR) is 35.0 cm³/mol. The van der Waals surface area contributed by atoms with E-state index in [0.717, 1.165) is 24.4 Å². The second-order valence-electron chi connectivity index (χ2n) is 2.07. The van der Waals surface area contributed by atoms with Crippen molar-refractivity contribution in [3.63, 3.8) is 0 Å². The average Bonchev–Trinajstić information content (AvgIpc) is 1.91. The van der Waals surface area contributed by atoms with Gasteiger partial charge in [0, 0.05) is 0 Å². The normalized spacial score (nSPS) is 19.0. The molecule has 0 bridgehead atoms. The van der Waals surface area contributed by atoms with Crippen molar-refractivity contribution in [2.45, 2.75) is 13.3 Å². The van der Waals surface area contributed by atoms with Gasteiger partial charge in [0.15, 0.2) is 0 Å². The molecule has 0 radical (unpaired) electrons. The fraction of sp³-hybridized carbons (Fsp3) is 0.333. The summed E-state index contributed by atoms with van der Waals surface area (Å²) in [6, 6.07) is 0. The maximum absolute atomic E-state index is 2.25. The molecule has 0 amide bonds. The molecule has 0 aromatic rings. The number of rotatable bonds is 0. The van der Waals surface area contributed by atoms with E-state index in [1.165, 1.54) is 12.0 Å². The van der Waals surface area contributed by atoms with Crippen molar-refractivity contribution in [1.82, 2.24) is 0 Å². The van der Waals surface area contributed by atoms with Crippen LogP contribution in [0.15, 0.2) is 21.1 Å². The molecule has 0 saturated heterocycles. The van der Waals surface area contributed by atoms with E-state index >= 15 is 0 Å². The van der Waals surface area contributed by atoms with Crippen molar-refractivity contribution in [2.24, 2.45) is 0 Å². The molecule has 1 heteroatoms. The van der Waals surface area contributed by atoms with Gasteiger partial charge in [-0.05, 0) is 0 Å². The van der Waals surface area contributed by atoms with Gasteiger partial charge < -0.3 is 0 Å². The summed E-state index contributed by atoms with van der Waals surface area (Å²) in [5, 5.41) is 0. The average molecular weight is 196 g/mol. The van der Waals surface area contributed by atoms with Gasteiger partial charge in [-0.25, -0.2) is 0 Å². The monoisotopic (exact) mass is 196 g/mol. The van der Waals surface area contributed by atoms with Gasteiger partial charge in [-0.1, -0.05) is 0 Å². The van der Waals surface area contributed by atoms with Crippen molar-refractivity contribution < 1.29 is 0 Å². The van der Waals surface area contributed by atoms with E-state index in [1.807, 2.05) is 0 Å². The van der Waals surface area contributed by atoms with E-state index in [-0.39, 0.29) is 0 Å². The van der Waals surface area contributed by atoms with Crippen LogP contribution in [0.4, 0.5) is 0 Å². The second-order valence-corrected chi connectivity index (χ2v) is 5.52. The van der Waals surface area contributed by atoms with Crippen molar-refractivity contribution in [3.8, 4) is 0 Å². The minimum atomic E-state index is 0.782. The number of allylic oxidation sites excluding steroid dienone is 4. The Morgan fingerprint density at radius 3 is 2.57 bits per heavy atom. The first-order valence-electron chi connectivity index (χ1n) is 2.63. The molecule has 0 aromatic carbocycles. The van der Waals surface area contributed by atoms with Gasteiger partial charge >= 0.3 is 58.8 Å². The zero-order valence-corrected chi connectivity index (χ0v) is 10.6. The van der Waals surface area contributed by atoms with Gasteiger partial charge in [-0.2, -0.15) is 0 Å². The van der Waals surface area contributed by atoms with E-state index in [2.05, 4.69) is 19.1 Å². The van der Waals surface area contributed by atoms with Crippen LogP contribution in [0, 0.1) is 0 Å². The number of hydrogen-bond donors (Lipinski definition) is 0. The molecule has 1 aliphatic rings. The zero-order chi connectivity index (χ0) is 5.28. The number of hydrogen-bond acceptors (Lipinski definition) is 0. The Morgan fingerprint density at radius 1 is 1.71 bits per heavy atom. The Morgan fingerprint density at radius 2 is 2.43 bits per heavy atom. The maximum atomic E-state index is 2.25. The predicted octanol–water partition coefficient (Wildman–Crippen LogP) is 0.853. The molecule has 0 aliphatic heterocycles. The van der Waals surface area contributed by atoms with E-state index in [1.54, 1.807) is 3.33 Å². The zero-order valence-electron chi connectivity index (χ0n) is 4.86. The standard InChI is InChI=1S/C6H7.In.2H/c1-6-4-2-3-5-6;;;/h2,4H,3H2,1H3;;;. The molecule has 0 atom stereocenters. The Bertz CT molecular complexity index is 131. The molecule has 0 nitrogen and oxygen atoms in total. The fourth-order valence-corrected chi connectivity index (χ4v) is 1.86. The first kappa shape index (κ1) is 5.49. The third-order valence-electron chi connectivity index (χ3n) is 1.47. The molecule has 0 saturated carbocycles. The SMILES string of the molecule is CC1=[C]([InH2])CC=C1. The van der Waals surface area contributed by atoms with Crippen molar-refractivity contribution >= 4 is 24.4 Å². The molecule has 0 N–H and O–H groups in total. The Hall–Kier alpha value is 0.350. The minimum absolute atomic E-state index is 0.782. The third kappa shape index (κ3) is 1.12. The van der Waals surface area contributed by atoms with Gasteiger partial charge in [-0.15, -0.1) is 0 Å². The molecule has 0 heterocycles. The Labute approximate surface area is 58.9 Å². The molecule has 1 aliphatic carbocycles. The molecule has 0 aromatic heterocycles. The second kappa shape index (κ2) is 2.08.